The minimum absolute atomic E-state index is 0.589. The third kappa shape index (κ3) is 3.79. The number of aromatic nitrogens is 2. The van der Waals surface area contributed by atoms with Crippen LogP contribution < -0.4 is 14.8 Å². The summed E-state index contributed by atoms with van der Waals surface area (Å²) < 4.78 is 13.4. The molecule has 24 heavy (non-hydrogen) atoms. The number of hydrogen-bond donors (Lipinski definition) is 1. The Morgan fingerprint density at radius 3 is 3.00 bits per heavy atom. The lowest BCUT2D eigenvalue weighted by Crippen LogP contribution is -2.23. The Bertz CT molecular complexity index is 719. The maximum atomic E-state index is 5.87. The number of benzene rings is 1. The van der Waals surface area contributed by atoms with E-state index >= 15 is 0 Å². The Morgan fingerprint density at radius 1 is 1.33 bits per heavy atom. The lowest BCUT2D eigenvalue weighted by atomic mass is 10.1. The molecule has 1 aromatic heterocycles. The van der Waals surface area contributed by atoms with Crippen molar-refractivity contribution in [3.8, 4) is 11.5 Å². The molecule has 0 saturated carbocycles. The highest BCUT2D eigenvalue weighted by atomic mass is 16.5. The van der Waals surface area contributed by atoms with Gasteiger partial charge in [0.25, 0.3) is 0 Å². The van der Waals surface area contributed by atoms with E-state index in [9.17, 15) is 0 Å². The van der Waals surface area contributed by atoms with Crippen LogP contribution in [0, 0.1) is 5.92 Å². The lowest BCUT2D eigenvalue weighted by molar-refractivity contribution is 0.312. The molecule has 3 rings (SSSR count). The van der Waals surface area contributed by atoms with Gasteiger partial charge in [-0.2, -0.15) is 0 Å². The number of methoxy groups -OCH3 is 1. The Hall–Kier alpha value is -2.27. The normalized spacial score (nSPS) is 13.4. The van der Waals surface area contributed by atoms with E-state index in [0.717, 1.165) is 36.7 Å². The number of para-hydroxylation sites is 1. The second-order valence-corrected chi connectivity index (χ2v) is 6.50. The first-order chi connectivity index (χ1) is 11.7. The second-order valence-electron chi connectivity index (χ2n) is 6.50. The van der Waals surface area contributed by atoms with Crippen LogP contribution in [-0.4, -0.2) is 29.8 Å². The summed E-state index contributed by atoms with van der Waals surface area (Å²) in [6.07, 6.45) is 6.02. The number of imidazole rings is 1. The first-order valence-corrected chi connectivity index (χ1v) is 8.36. The molecule has 0 amide bonds. The molecule has 0 unspecified atom stereocenters. The van der Waals surface area contributed by atoms with Crippen LogP contribution in [0.4, 0.5) is 0 Å². The molecule has 128 valence electrons. The van der Waals surface area contributed by atoms with E-state index in [1.54, 1.807) is 7.11 Å². The Kier molecular flexibility index (Phi) is 5.20. The molecule has 0 atom stereocenters. The van der Waals surface area contributed by atoms with Gasteiger partial charge in [-0.25, -0.2) is 4.98 Å². The van der Waals surface area contributed by atoms with Gasteiger partial charge < -0.3 is 19.4 Å². The average Bonchev–Trinajstić information content (AvgIpc) is 3.00. The largest absolute Gasteiger partial charge is 0.493 e. The van der Waals surface area contributed by atoms with E-state index < -0.39 is 0 Å². The monoisotopic (exact) mass is 327 g/mol. The molecule has 0 saturated heterocycles. The van der Waals surface area contributed by atoms with Gasteiger partial charge in [-0.3, -0.25) is 0 Å². The summed E-state index contributed by atoms with van der Waals surface area (Å²) in [7, 11) is 1.67. The number of nitrogens with one attached hydrogen (secondary N) is 1. The van der Waals surface area contributed by atoms with Gasteiger partial charge in [-0.05, 0) is 23.6 Å². The molecular formula is C19H25N3O2. The number of nitrogens with zero attached hydrogens (tertiary/aromatic N) is 2. The maximum Gasteiger partial charge on any atom is 0.168 e. The molecule has 1 aliphatic heterocycles. The summed E-state index contributed by atoms with van der Waals surface area (Å²) in [4.78, 5) is 4.26. The molecule has 0 bridgehead atoms. The zero-order valence-corrected chi connectivity index (χ0v) is 14.6. The van der Waals surface area contributed by atoms with E-state index in [1.807, 2.05) is 24.7 Å². The van der Waals surface area contributed by atoms with Gasteiger partial charge in [0.2, 0.25) is 0 Å². The summed E-state index contributed by atoms with van der Waals surface area (Å²) in [6.45, 7) is 7.61. The molecule has 5 heteroatoms. The van der Waals surface area contributed by atoms with Crippen LogP contribution >= 0.6 is 0 Å². The van der Waals surface area contributed by atoms with Crippen molar-refractivity contribution in [3.05, 3.63) is 47.6 Å². The highest BCUT2D eigenvalue weighted by Gasteiger charge is 2.15. The van der Waals surface area contributed by atoms with Crippen LogP contribution in [0.5, 0.6) is 11.5 Å². The fourth-order valence-corrected chi connectivity index (χ4v) is 2.89. The minimum Gasteiger partial charge on any atom is -0.493 e. The van der Waals surface area contributed by atoms with E-state index in [-0.39, 0.29) is 0 Å². The fraction of sp³-hybridized carbons (Fsp3) is 0.421. The predicted molar refractivity (Wildman–Crippen MR) is 95.2 cm³/mol. The molecule has 0 fully saturated rings. The summed E-state index contributed by atoms with van der Waals surface area (Å²) in [6, 6.07) is 5.96. The van der Waals surface area contributed by atoms with Crippen molar-refractivity contribution in [1.29, 1.82) is 0 Å². The highest BCUT2D eigenvalue weighted by Crippen LogP contribution is 2.35. The first kappa shape index (κ1) is 16.6. The van der Waals surface area contributed by atoms with Crippen molar-refractivity contribution in [1.82, 2.24) is 14.9 Å². The lowest BCUT2D eigenvalue weighted by Gasteiger charge is -2.20. The third-order valence-corrected chi connectivity index (χ3v) is 4.01. The highest BCUT2D eigenvalue weighted by molar-refractivity contribution is 5.66. The Labute approximate surface area is 143 Å². The van der Waals surface area contributed by atoms with E-state index in [2.05, 4.69) is 40.9 Å². The number of hydrogen-bond acceptors (Lipinski definition) is 4. The van der Waals surface area contributed by atoms with Crippen molar-refractivity contribution < 1.29 is 9.47 Å². The van der Waals surface area contributed by atoms with Gasteiger partial charge in [0, 0.05) is 31.4 Å². The standard InChI is InChI=1S/C19H25N3O2/c1-14(2)11-22-13-21-10-17(22)9-20-8-15-7-16-5-4-6-18(23-3)19(16)24-12-15/h4-7,10,13-14,20H,8-9,11-12H2,1-3H3. The van der Waals surface area contributed by atoms with Gasteiger partial charge in [0.1, 0.15) is 6.61 Å². The molecule has 2 aromatic rings. The van der Waals surface area contributed by atoms with Crippen LogP contribution in [0.25, 0.3) is 6.08 Å². The Morgan fingerprint density at radius 2 is 2.21 bits per heavy atom. The van der Waals surface area contributed by atoms with Crippen LogP contribution in [0.1, 0.15) is 25.1 Å². The fourth-order valence-electron chi connectivity index (χ4n) is 2.89. The van der Waals surface area contributed by atoms with Gasteiger partial charge >= 0.3 is 0 Å². The molecule has 1 aliphatic rings. The molecule has 1 aromatic carbocycles. The van der Waals surface area contributed by atoms with E-state index in [1.165, 1.54) is 11.3 Å². The van der Waals surface area contributed by atoms with Crippen molar-refractivity contribution in [2.75, 3.05) is 20.3 Å². The maximum absolute atomic E-state index is 5.87. The molecule has 0 aliphatic carbocycles. The van der Waals surface area contributed by atoms with Crippen molar-refractivity contribution in [2.24, 2.45) is 5.92 Å². The molecule has 2 heterocycles. The molecule has 5 nitrogen and oxygen atoms in total. The van der Waals surface area contributed by atoms with Crippen molar-refractivity contribution in [2.45, 2.75) is 26.9 Å². The number of rotatable bonds is 7. The topological polar surface area (TPSA) is 48.3 Å². The quantitative estimate of drug-likeness (QED) is 0.849. The third-order valence-electron chi connectivity index (χ3n) is 4.01. The minimum atomic E-state index is 0.589. The van der Waals surface area contributed by atoms with Crippen molar-refractivity contribution >= 4 is 6.08 Å². The number of ether oxygens (including phenoxy) is 2. The summed E-state index contributed by atoms with van der Waals surface area (Å²) in [5.41, 5.74) is 3.51. The summed E-state index contributed by atoms with van der Waals surface area (Å²) in [5, 5.41) is 3.49. The smallest absolute Gasteiger partial charge is 0.168 e. The zero-order chi connectivity index (χ0) is 16.9. The summed E-state index contributed by atoms with van der Waals surface area (Å²) >= 11 is 0. The Balaban J connectivity index is 1.60. The van der Waals surface area contributed by atoms with Crippen LogP contribution in [0.15, 0.2) is 36.3 Å². The molecule has 0 spiro atoms. The van der Waals surface area contributed by atoms with Gasteiger partial charge in [0.15, 0.2) is 11.5 Å². The number of fused-ring (bicyclic) bond motifs is 1. The molecular weight excluding hydrogens is 302 g/mol. The second kappa shape index (κ2) is 7.53. The van der Waals surface area contributed by atoms with E-state index in [4.69, 9.17) is 9.47 Å². The average molecular weight is 327 g/mol. The van der Waals surface area contributed by atoms with Crippen LogP contribution in [-0.2, 0) is 13.1 Å². The predicted octanol–water partition coefficient (Wildman–Crippen LogP) is 3.11. The van der Waals surface area contributed by atoms with Gasteiger partial charge in [0.05, 0.1) is 19.1 Å². The van der Waals surface area contributed by atoms with Crippen LogP contribution in [0.2, 0.25) is 0 Å². The first-order valence-electron chi connectivity index (χ1n) is 8.36. The van der Waals surface area contributed by atoms with Crippen LogP contribution in [0.3, 0.4) is 0 Å². The van der Waals surface area contributed by atoms with Gasteiger partial charge in [-0.1, -0.05) is 26.0 Å². The zero-order valence-electron chi connectivity index (χ0n) is 14.6. The summed E-state index contributed by atoms with van der Waals surface area (Å²) in [5.74, 6) is 2.23. The SMILES string of the molecule is COc1cccc2c1OCC(CNCc1cncn1CC(C)C)=C2. The van der Waals surface area contributed by atoms with Gasteiger partial charge in [-0.15, -0.1) is 0 Å². The van der Waals surface area contributed by atoms with Crippen molar-refractivity contribution in [3.63, 3.8) is 0 Å². The molecule has 1 N–H and O–H groups in total. The van der Waals surface area contributed by atoms with E-state index in [0.29, 0.717) is 12.5 Å². The molecule has 0 radical (unpaired) electrons.